The third kappa shape index (κ3) is 7.30. The van der Waals surface area contributed by atoms with Gasteiger partial charge >= 0.3 is 0 Å². The Morgan fingerprint density at radius 2 is 1.61 bits per heavy atom. The number of carbonyl (C=O) groups is 1. The fraction of sp³-hybridized carbons (Fsp3) is 0.440. The Kier molecular flexibility index (Phi) is 11.3. The van der Waals surface area contributed by atoms with Crippen LogP contribution in [0, 0.1) is 0 Å². The van der Waals surface area contributed by atoms with Crippen LogP contribution in [0.5, 0.6) is 0 Å². The van der Waals surface area contributed by atoms with Gasteiger partial charge in [0.2, 0.25) is 10.0 Å². The molecule has 0 fully saturated rings. The number of hydrogen-bond acceptors (Lipinski definition) is 8. The average Bonchev–Trinajstić information content (AvgIpc) is 3.27. The standard InChI is InChI=1S/C25H34N4O5S3.ClH/c1-6-8-16-28(7-2)37(33,34)20-14-12-19(13-15-20)24(30)29(18-17-27(3)4)25-26-23-21(35-25)10-9-11-22(23)36(5,31)32;/h9-15H,6-8,16-18H2,1-5H3;1H. The zero-order valence-corrected chi connectivity index (χ0v) is 25.5. The van der Waals surface area contributed by atoms with Gasteiger partial charge in [0.15, 0.2) is 15.0 Å². The van der Waals surface area contributed by atoms with Crippen LogP contribution in [0.15, 0.2) is 52.3 Å². The molecule has 210 valence electrons. The third-order valence-electron chi connectivity index (χ3n) is 5.87. The highest BCUT2D eigenvalue weighted by atomic mass is 35.5. The van der Waals surface area contributed by atoms with Gasteiger partial charge in [0, 0.05) is 38.0 Å². The van der Waals surface area contributed by atoms with Crippen molar-refractivity contribution in [3.63, 3.8) is 0 Å². The van der Waals surface area contributed by atoms with Crippen molar-refractivity contribution in [2.45, 2.75) is 36.5 Å². The largest absolute Gasteiger partial charge is 0.308 e. The number of unbranched alkanes of at least 4 members (excludes halogenated alkanes) is 1. The number of benzene rings is 2. The first kappa shape index (κ1) is 32.1. The molecule has 3 rings (SSSR count). The molecule has 0 aliphatic rings. The molecule has 0 atom stereocenters. The van der Waals surface area contributed by atoms with Gasteiger partial charge in [0.05, 0.1) is 14.5 Å². The number of rotatable bonds is 12. The van der Waals surface area contributed by atoms with E-state index in [0.717, 1.165) is 19.1 Å². The summed E-state index contributed by atoms with van der Waals surface area (Å²) in [5.74, 6) is -0.343. The van der Waals surface area contributed by atoms with Crippen LogP contribution >= 0.6 is 23.7 Å². The van der Waals surface area contributed by atoms with Gasteiger partial charge in [0.1, 0.15) is 5.52 Å². The van der Waals surface area contributed by atoms with E-state index in [1.807, 2.05) is 25.9 Å². The number of para-hydroxylation sites is 1. The molecule has 1 amide bonds. The number of hydrogen-bond donors (Lipinski definition) is 0. The zero-order valence-electron chi connectivity index (χ0n) is 22.2. The number of nitrogens with zero attached hydrogens (tertiary/aromatic N) is 4. The quantitative estimate of drug-likeness (QED) is 0.306. The molecule has 0 spiro atoms. The van der Waals surface area contributed by atoms with Crippen LogP contribution in [-0.4, -0.2) is 83.5 Å². The van der Waals surface area contributed by atoms with Crippen molar-refractivity contribution in [2.75, 3.05) is 51.4 Å². The molecule has 1 aromatic heterocycles. The fourth-order valence-electron chi connectivity index (χ4n) is 3.77. The number of amides is 1. The van der Waals surface area contributed by atoms with Gasteiger partial charge in [-0.25, -0.2) is 21.8 Å². The third-order valence-corrected chi connectivity index (χ3v) is 10.0. The minimum atomic E-state index is -3.66. The number of carbonyl (C=O) groups excluding carboxylic acids is 1. The molecule has 9 nitrogen and oxygen atoms in total. The Balaban J connectivity index is 0.00000507. The summed E-state index contributed by atoms with van der Waals surface area (Å²) in [4.78, 5) is 21.9. The minimum Gasteiger partial charge on any atom is -0.308 e. The van der Waals surface area contributed by atoms with E-state index in [2.05, 4.69) is 4.98 Å². The summed E-state index contributed by atoms with van der Waals surface area (Å²) in [6, 6.07) is 10.9. The molecule has 0 aliphatic heterocycles. The summed E-state index contributed by atoms with van der Waals surface area (Å²) in [6.07, 6.45) is 2.79. The number of likely N-dealkylation sites (N-methyl/N-ethyl adjacent to an activating group) is 1. The first-order valence-electron chi connectivity index (χ1n) is 12.1. The Hall–Kier alpha value is -2.09. The lowest BCUT2D eigenvalue weighted by atomic mass is 10.2. The van der Waals surface area contributed by atoms with Gasteiger partial charge < -0.3 is 4.90 Å². The van der Waals surface area contributed by atoms with Crippen LogP contribution in [0.4, 0.5) is 5.13 Å². The molecule has 0 saturated heterocycles. The van der Waals surface area contributed by atoms with Gasteiger partial charge in [-0.3, -0.25) is 9.69 Å². The maximum absolute atomic E-state index is 13.6. The SMILES string of the molecule is CCCCN(CC)S(=O)(=O)c1ccc(C(=O)N(CCN(C)C)c2nc3c(S(C)(=O)=O)cccc3s2)cc1.Cl. The van der Waals surface area contributed by atoms with E-state index in [1.54, 1.807) is 19.1 Å². The molecule has 2 aromatic carbocycles. The van der Waals surface area contributed by atoms with Gasteiger partial charge in [0.25, 0.3) is 5.91 Å². The second-order valence-electron chi connectivity index (χ2n) is 9.01. The van der Waals surface area contributed by atoms with Gasteiger partial charge in [-0.1, -0.05) is 37.7 Å². The molecule has 0 aliphatic carbocycles. The summed E-state index contributed by atoms with van der Waals surface area (Å²) in [5, 5.41) is 0.381. The van der Waals surface area contributed by atoms with Crippen molar-refractivity contribution < 1.29 is 21.6 Å². The normalized spacial score (nSPS) is 12.2. The topological polar surface area (TPSA) is 108 Å². The Morgan fingerprint density at radius 3 is 2.16 bits per heavy atom. The van der Waals surface area contributed by atoms with Crippen molar-refractivity contribution in [1.29, 1.82) is 0 Å². The highest BCUT2D eigenvalue weighted by molar-refractivity contribution is 7.91. The zero-order chi connectivity index (χ0) is 27.4. The first-order chi connectivity index (χ1) is 17.4. The monoisotopic (exact) mass is 602 g/mol. The lowest BCUT2D eigenvalue weighted by molar-refractivity contribution is 0.0985. The Morgan fingerprint density at radius 1 is 0.947 bits per heavy atom. The second kappa shape index (κ2) is 13.3. The molecule has 0 radical (unpaired) electrons. The maximum Gasteiger partial charge on any atom is 0.260 e. The Labute approximate surface area is 235 Å². The van der Waals surface area contributed by atoms with Crippen molar-refractivity contribution >= 4 is 64.9 Å². The maximum atomic E-state index is 13.6. The summed E-state index contributed by atoms with van der Waals surface area (Å²) in [6.45, 7) is 5.50. The summed E-state index contributed by atoms with van der Waals surface area (Å²) in [7, 11) is -3.39. The van der Waals surface area contributed by atoms with Crippen LogP contribution in [0.25, 0.3) is 10.2 Å². The van der Waals surface area contributed by atoms with Crippen LogP contribution in [0.2, 0.25) is 0 Å². The number of anilines is 1. The highest BCUT2D eigenvalue weighted by Crippen LogP contribution is 2.33. The number of aromatic nitrogens is 1. The number of sulfone groups is 1. The van der Waals surface area contributed by atoms with Crippen molar-refractivity contribution in [2.24, 2.45) is 0 Å². The van der Waals surface area contributed by atoms with Crippen LogP contribution < -0.4 is 4.90 Å². The summed E-state index contributed by atoms with van der Waals surface area (Å²) in [5.41, 5.74) is 0.651. The van der Waals surface area contributed by atoms with Gasteiger partial charge in [-0.2, -0.15) is 4.31 Å². The molecule has 13 heteroatoms. The molecule has 0 unspecified atom stereocenters. The molecule has 0 saturated carbocycles. The van der Waals surface area contributed by atoms with Gasteiger partial charge in [-0.15, -0.1) is 12.4 Å². The van der Waals surface area contributed by atoms with Crippen molar-refractivity contribution in [1.82, 2.24) is 14.2 Å². The van der Waals surface area contributed by atoms with Crippen LogP contribution in [0.3, 0.4) is 0 Å². The van der Waals surface area contributed by atoms with E-state index in [1.165, 1.54) is 50.9 Å². The van der Waals surface area contributed by atoms with E-state index >= 15 is 0 Å². The number of halogens is 1. The predicted molar refractivity (Wildman–Crippen MR) is 156 cm³/mol. The number of thiazole rings is 1. The van der Waals surface area contributed by atoms with E-state index in [-0.39, 0.29) is 28.1 Å². The van der Waals surface area contributed by atoms with Crippen molar-refractivity contribution in [3.05, 3.63) is 48.0 Å². The summed E-state index contributed by atoms with van der Waals surface area (Å²) >= 11 is 1.24. The highest BCUT2D eigenvalue weighted by Gasteiger charge is 2.26. The fourth-order valence-corrected chi connectivity index (χ4v) is 7.17. The average molecular weight is 603 g/mol. The van der Waals surface area contributed by atoms with E-state index in [0.29, 0.717) is 47.1 Å². The van der Waals surface area contributed by atoms with E-state index in [9.17, 15) is 21.6 Å². The summed E-state index contributed by atoms with van der Waals surface area (Å²) < 4.78 is 52.8. The molecule has 38 heavy (non-hydrogen) atoms. The lowest BCUT2D eigenvalue weighted by Crippen LogP contribution is -2.36. The van der Waals surface area contributed by atoms with Gasteiger partial charge in [-0.05, 0) is 56.9 Å². The predicted octanol–water partition coefficient (Wildman–Crippen LogP) is 4.14. The Bertz CT molecular complexity index is 1460. The first-order valence-corrected chi connectivity index (χ1v) is 16.2. The molecule has 1 heterocycles. The molecular formula is C25H35ClN4O5S3. The molecular weight excluding hydrogens is 568 g/mol. The molecule has 0 N–H and O–H groups in total. The smallest absolute Gasteiger partial charge is 0.260 e. The second-order valence-corrected chi connectivity index (χ2v) is 13.9. The van der Waals surface area contributed by atoms with Crippen LogP contribution in [-0.2, 0) is 19.9 Å². The molecule has 0 bridgehead atoms. The number of fused-ring (bicyclic) bond motifs is 1. The minimum absolute atomic E-state index is 0. The number of sulfonamides is 1. The lowest BCUT2D eigenvalue weighted by Gasteiger charge is -2.23. The van der Waals surface area contributed by atoms with E-state index in [4.69, 9.17) is 0 Å². The molecule has 3 aromatic rings. The van der Waals surface area contributed by atoms with E-state index < -0.39 is 19.9 Å². The van der Waals surface area contributed by atoms with Crippen molar-refractivity contribution in [3.8, 4) is 0 Å². The van der Waals surface area contributed by atoms with Crippen LogP contribution in [0.1, 0.15) is 37.0 Å².